The molecule has 0 amide bonds. The second kappa shape index (κ2) is 7.78. The van der Waals surface area contributed by atoms with E-state index >= 15 is 0 Å². The molecule has 0 aliphatic heterocycles. The lowest BCUT2D eigenvalue weighted by atomic mass is 10.1. The predicted molar refractivity (Wildman–Crippen MR) is 97.9 cm³/mol. The van der Waals surface area contributed by atoms with Crippen LogP contribution in [-0.4, -0.2) is 27.6 Å². The molecule has 1 aromatic heterocycles. The summed E-state index contributed by atoms with van der Waals surface area (Å²) in [5.41, 5.74) is 1.39. The number of aromatic nitrogens is 2. The van der Waals surface area contributed by atoms with E-state index in [1.807, 2.05) is 43.3 Å². The van der Waals surface area contributed by atoms with E-state index in [-0.39, 0.29) is 18.7 Å². The van der Waals surface area contributed by atoms with Crippen LogP contribution in [0.2, 0.25) is 5.02 Å². The predicted octanol–water partition coefficient (Wildman–Crippen LogP) is 2.94. The number of aryl methyl sites for hydroxylation is 1. The summed E-state index contributed by atoms with van der Waals surface area (Å²) in [7, 11) is 0. The smallest absolute Gasteiger partial charge is 0.274 e. The van der Waals surface area contributed by atoms with Crippen LogP contribution in [0.1, 0.15) is 11.3 Å². The Morgan fingerprint density at radius 1 is 1.16 bits per heavy atom. The summed E-state index contributed by atoms with van der Waals surface area (Å²) in [6.45, 7) is 2.31. The molecule has 3 aromatic rings. The van der Waals surface area contributed by atoms with Gasteiger partial charge in [-0.05, 0) is 24.6 Å². The van der Waals surface area contributed by atoms with Gasteiger partial charge in [0.05, 0.1) is 36.9 Å². The molecule has 0 fully saturated rings. The molecule has 0 aliphatic rings. The zero-order valence-corrected chi connectivity index (χ0v) is 14.6. The molecule has 0 radical (unpaired) electrons. The largest absolute Gasteiger partial charge is 0.389 e. The zero-order chi connectivity index (χ0) is 17.8. The van der Waals surface area contributed by atoms with Crippen molar-refractivity contribution in [1.82, 2.24) is 9.78 Å². The van der Waals surface area contributed by atoms with E-state index in [9.17, 15) is 9.90 Å². The number of ether oxygens (including phenoxy) is 1. The minimum absolute atomic E-state index is 0.0764. The Morgan fingerprint density at radius 2 is 1.84 bits per heavy atom. The summed E-state index contributed by atoms with van der Waals surface area (Å²) in [5, 5.41) is 16.5. The second-order valence-electron chi connectivity index (χ2n) is 5.88. The van der Waals surface area contributed by atoms with Gasteiger partial charge in [0, 0.05) is 10.4 Å². The first-order valence-corrected chi connectivity index (χ1v) is 8.39. The SMILES string of the molecule is Cc1nn(CC(O)COCc2ccccc2Cl)c(=O)c2ccccc12. The number of fused-ring (bicyclic) bond motifs is 1. The number of rotatable bonds is 6. The Balaban J connectivity index is 1.66. The van der Waals surface area contributed by atoms with E-state index in [2.05, 4.69) is 5.10 Å². The third-order valence-electron chi connectivity index (χ3n) is 3.96. The van der Waals surface area contributed by atoms with Crippen molar-refractivity contribution in [3.8, 4) is 0 Å². The zero-order valence-electron chi connectivity index (χ0n) is 13.9. The van der Waals surface area contributed by atoms with Crippen LogP contribution in [0.5, 0.6) is 0 Å². The van der Waals surface area contributed by atoms with Crippen LogP contribution in [0.15, 0.2) is 53.3 Å². The maximum Gasteiger partial charge on any atom is 0.274 e. The highest BCUT2D eigenvalue weighted by Crippen LogP contribution is 2.16. The van der Waals surface area contributed by atoms with Gasteiger partial charge in [0.25, 0.3) is 5.56 Å². The van der Waals surface area contributed by atoms with E-state index < -0.39 is 6.10 Å². The van der Waals surface area contributed by atoms with E-state index in [0.29, 0.717) is 17.0 Å². The molecule has 0 saturated heterocycles. The van der Waals surface area contributed by atoms with Crippen molar-refractivity contribution >= 4 is 22.4 Å². The van der Waals surface area contributed by atoms with Gasteiger partial charge in [-0.15, -0.1) is 0 Å². The number of nitrogens with zero attached hydrogens (tertiary/aromatic N) is 2. The highest BCUT2D eigenvalue weighted by molar-refractivity contribution is 6.31. The molecule has 0 aliphatic carbocycles. The first kappa shape index (κ1) is 17.6. The maximum atomic E-state index is 12.5. The normalized spacial score (nSPS) is 12.4. The summed E-state index contributed by atoms with van der Waals surface area (Å²) in [5.74, 6) is 0. The minimum Gasteiger partial charge on any atom is -0.389 e. The molecular formula is C19H19ClN2O3. The Labute approximate surface area is 150 Å². The van der Waals surface area contributed by atoms with Crippen molar-refractivity contribution in [2.24, 2.45) is 0 Å². The molecule has 130 valence electrons. The van der Waals surface area contributed by atoms with E-state index in [1.165, 1.54) is 4.68 Å². The van der Waals surface area contributed by atoms with Crippen molar-refractivity contribution in [3.05, 3.63) is 75.2 Å². The van der Waals surface area contributed by atoms with Gasteiger partial charge >= 0.3 is 0 Å². The van der Waals surface area contributed by atoms with E-state index in [0.717, 1.165) is 16.6 Å². The number of halogens is 1. The number of hydrogen-bond acceptors (Lipinski definition) is 4. The molecule has 3 rings (SSSR count). The van der Waals surface area contributed by atoms with Crippen molar-refractivity contribution < 1.29 is 9.84 Å². The lowest BCUT2D eigenvalue weighted by molar-refractivity contribution is 0.0181. The van der Waals surface area contributed by atoms with Gasteiger partial charge in [-0.3, -0.25) is 4.79 Å². The van der Waals surface area contributed by atoms with Crippen LogP contribution in [0.4, 0.5) is 0 Å². The van der Waals surface area contributed by atoms with Gasteiger partial charge in [-0.2, -0.15) is 5.10 Å². The molecule has 0 bridgehead atoms. The van der Waals surface area contributed by atoms with Crippen LogP contribution >= 0.6 is 11.6 Å². The molecule has 1 unspecified atom stereocenters. The Kier molecular flexibility index (Phi) is 5.48. The van der Waals surface area contributed by atoms with Crippen LogP contribution in [-0.2, 0) is 17.9 Å². The van der Waals surface area contributed by atoms with Crippen LogP contribution in [0, 0.1) is 6.92 Å². The number of aliphatic hydroxyl groups is 1. The van der Waals surface area contributed by atoms with Gasteiger partial charge < -0.3 is 9.84 Å². The molecule has 1 heterocycles. The molecule has 2 aromatic carbocycles. The second-order valence-corrected chi connectivity index (χ2v) is 6.29. The molecular weight excluding hydrogens is 340 g/mol. The summed E-state index contributed by atoms with van der Waals surface area (Å²) in [4.78, 5) is 12.5. The van der Waals surface area contributed by atoms with Gasteiger partial charge in [0.2, 0.25) is 0 Å². The summed E-state index contributed by atoms with van der Waals surface area (Å²) in [6, 6.07) is 14.7. The number of benzene rings is 2. The molecule has 5 nitrogen and oxygen atoms in total. The fraction of sp³-hybridized carbons (Fsp3) is 0.263. The van der Waals surface area contributed by atoms with Crippen molar-refractivity contribution in [2.45, 2.75) is 26.2 Å². The number of hydrogen-bond donors (Lipinski definition) is 1. The summed E-state index contributed by atoms with van der Waals surface area (Å²) >= 11 is 6.07. The fourth-order valence-corrected chi connectivity index (χ4v) is 2.89. The average Bonchev–Trinajstić information content (AvgIpc) is 2.61. The Bertz CT molecular complexity index is 939. The van der Waals surface area contributed by atoms with Gasteiger partial charge in [-0.25, -0.2) is 4.68 Å². The van der Waals surface area contributed by atoms with Crippen molar-refractivity contribution in [3.63, 3.8) is 0 Å². The molecule has 1 atom stereocenters. The lowest BCUT2D eigenvalue weighted by Gasteiger charge is -2.14. The molecule has 25 heavy (non-hydrogen) atoms. The molecule has 6 heteroatoms. The first-order valence-electron chi connectivity index (χ1n) is 8.02. The maximum absolute atomic E-state index is 12.5. The first-order chi connectivity index (χ1) is 12.1. The standard InChI is InChI=1S/C19H19ClN2O3/c1-13-16-7-3-4-8-17(16)19(24)22(21-13)10-15(23)12-25-11-14-6-2-5-9-18(14)20/h2-9,15,23H,10-12H2,1H3. The minimum atomic E-state index is -0.840. The highest BCUT2D eigenvalue weighted by atomic mass is 35.5. The highest BCUT2D eigenvalue weighted by Gasteiger charge is 2.12. The van der Waals surface area contributed by atoms with Gasteiger partial charge in [0.15, 0.2) is 0 Å². The lowest BCUT2D eigenvalue weighted by Crippen LogP contribution is -2.31. The number of aliphatic hydroxyl groups excluding tert-OH is 1. The Hall–Kier alpha value is -2.21. The van der Waals surface area contributed by atoms with Gasteiger partial charge in [-0.1, -0.05) is 48.0 Å². The van der Waals surface area contributed by atoms with Gasteiger partial charge in [0.1, 0.15) is 0 Å². The quantitative estimate of drug-likeness (QED) is 0.735. The average molecular weight is 359 g/mol. The van der Waals surface area contributed by atoms with Crippen molar-refractivity contribution in [2.75, 3.05) is 6.61 Å². The third-order valence-corrected chi connectivity index (χ3v) is 4.33. The van der Waals surface area contributed by atoms with Crippen molar-refractivity contribution in [1.29, 1.82) is 0 Å². The summed E-state index contributed by atoms with van der Waals surface area (Å²) < 4.78 is 6.81. The fourth-order valence-electron chi connectivity index (χ4n) is 2.70. The van der Waals surface area contributed by atoms with E-state index in [4.69, 9.17) is 16.3 Å². The third kappa shape index (κ3) is 4.07. The van der Waals surface area contributed by atoms with Crippen LogP contribution < -0.4 is 5.56 Å². The summed E-state index contributed by atoms with van der Waals surface area (Å²) in [6.07, 6.45) is -0.840. The Morgan fingerprint density at radius 3 is 2.60 bits per heavy atom. The molecule has 0 spiro atoms. The van der Waals surface area contributed by atoms with Crippen LogP contribution in [0.3, 0.4) is 0 Å². The van der Waals surface area contributed by atoms with Crippen LogP contribution in [0.25, 0.3) is 10.8 Å². The topological polar surface area (TPSA) is 64.3 Å². The monoisotopic (exact) mass is 358 g/mol. The molecule has 0 saturated carbocycles. The van der Waals surface area contributed by atoms with E-state index in [1.54, 1.807) is 12.1 Å². The molecule has 1 N–H and O–H groups in total.